The quantitative estimate of drug-likeness (QED) is 0.782. The van der Waals surface area contributed by atoms with Crippen LogP contribution < -0.4 is 0 Å². The molecule has 4 heteroatoms. The number of carbonyl (C=O) groups is 1. The molecule has 1 aliphatic rings. The Bertz CT molecular complexity index is 285. The summed E-state index contributed by atoms with van der Waals surface area (Å²) in [6.45, 7) is 4.99. The van der Waals surface area contributed by atoms with E-state index >= 15 is 0 Å². The summed E-state index contributed by atoms with van der Waals surface area (Å²) in [6, 6.07) is 2.05. The SMILES string of the molecule is CCCC(C#N)C(=O)N1CCC(C)C(O)C1. The maximum Gasteiger partial charge on any atom is 0.240 e. The first-order valence-corrected chi connectivity index (χ1v) is 5.96. The molecule has 0 aliphatic carbocycles. The molecule has 0 radical (unpaired) electrons. The van der Waals surface area contributed by atoms with Crippen molar-refractivity contribution in [2.45, 2.75) is 39.2 Å². The van der Waals surface area contributed by atoms with Crippen LogP contribution in [0.3, 0.4) is 0 Å². The Morgan fingerprint density at radius 2 is 2.38 bits per heavy atom. The molecule has 0 spiro atoms. The third kappa shape index (κ3) is 2.96. The molecule has 1 aliphatic heterocycles. The van der Waals surface area contributed by atoms with E-state index in [9.17, 15) is 9.90 Å². The van der Waals surface area contributed by atoms with Gasteiger partial charge in [-0.25, -0.2) is 0 Å². The van der Waals surface area contributed by atoms with E-state index in [4.69, 9.17) is 5.26 Å². The van der Waals surface area contributed by atoms with Crippen molar-refractivity contribution in [1.29, 1.82) is 5.26 Å². The maximum atomic E-state index is 12.0. The zero-order valence-corrected chi connectivity index (χ0v) is 10.0. The van der Waals surface area contributed by atoms with Crippen LogP contribution in [0.2, 0.25) is 0 Å². The number of likely N-dealkylation sites (tertiary alicyclic amines) is 1. The first-order chi connectivity index (χ1) is 7.60. The zero-order valence-electron chi connectivity index (χ0n) is 10.0. The molecule has 0 saturated carbocycles. The van der Waals surface area contributed by atoms with Gasteiger partial charge in [0.1, 0.15) is 5.92 Å². The molecule has 3 atom stereocenters. The number of nitrogens with zero attached hydrogens (tertiary/aromatic N) is 2. The first-order valence-electron chi connectivity index (χ1n) is 5.96. The Kier molecular flexibility index (Phi) is 4.75. The standard InChI is InChI=1S/C12H20N2O2/c1-3-4-10(7-13)12(16)14-6-5-9(2)11(15)8-14/h9-11,15H,3-6,8H2,1-2H3. The molecule has 0 bridgehead atoms. The van der Waals surface area contributed by atoms with E-state index in [-0.39, 0.29) is 11.8 Å². The molecule has 0 aromatic rings. The lowest BCUT2D eigenvalue weighted by Gasteiger charge is -2.35. The minimum absolute atomic E-state index is 0.115. The lowest BCUT2D eigenvalue weighted by molar-refractivity contribution is -0.138. The van der Waals surface area contributed by atoms with Crippen LogP contribution in [-0.4, -0.2) is 35.1 Å². The lowest BCUT2D eigenvalue weighted by atomic mass is 9.94. The van der Waals surface area contributed by atoms with Gasteiger partial charge in [-0.05, 0) is 18.8 Å². The molecule has 90 valence electrons. The second-order valence-corrected chi connectivity index (χ2v) is 4.59. The van der Waals surface area contributed by atoms with Crippen molar-refractivity contribution in [3.63, 3.8) is 0 Å². The molecule has 3 unspecified atom stereocenters. The van der Waals surface area contributed by atoms with Gasteiger partial charge in [-0.2, -0.15) is 5.26 Å². The molecule has 1 rings (SSSR count). The van der Waals surface area contributed by atoms with Crippen LogP contribution in [0.4, 0.5) is 0 Å². The summed E-state index contributed by atoms with van der Waals surface area (Å²) in [5.74, 6) is -0.406. The summed E-state index contributed by atoms with van der Waals surface area (Å²) < 4.78 is 0. The zero-order chi connectivity index (χ0) is 12.1. The second-order valence-electron chi connectivity index (χ2n) is 4.59. The molecular weight excluding hydrogens is 204 g/mol. The predicted octanol–water partition coefficient (Wildman–Crippen LogP) is 1.16. The lowest BCUT2D eigenvalue weighted by Crippen LogP contribution is -2.47. The van der Waals surface area contributed by atoms with Gasteiger partial charge in [0.2, 0.25) is 5.91 Å². The van der Waals surface area contributed by atoms with Gasteiger partial charge in [-0.1, -0.05) is 20.3 Å². The van der Waals surface area contributed by atoms with Crippen LogP contribution in [0, 0.1) is 23.2 Å². The molecule has 0 aromatic carbocycles. The Hall–Kier alpha value is -1.08. The van der Waals surface area contributed by atoms with Crippen LogP contribution in [0.25, 0.3) is 0 Å². The van der Waals surface area contributed by atoms with E-state index in [2.05, 4.69) is 6.07 Å². The van der Waals surface area contributed by atoms with E-state index in [0.29, 0.717) is 19.5 Å². The molecule has 16 heavy (non-hydrogen) atoms. The van der Waals surface area contributed by atoms with Gasteiger partial charge < -0.3 is 10.0 Å². The number of β-amino-alcohol motifs (C(OH)–C–C–N with tert-alkyl or cyclic N) is 1. The molecular formula is C12H20N2O2. The molecule has 1 N–H and O–H groups in total. The molecule has 0 aromatic heterocycles. The van der Waals surface area contributed by atoms with Crippen molar-refractivity contribution in [2.24, 2.45) is 11.8 Å². The minimum atomic E-state index is -0.536. The summed E-state index contributed by atoms with van der Waals surface area (Å²) in [5.41, 5.74) is 0. The number of rotatable bonds is 3. The second kappa shape index (κ2) is 5.86. The first kappa shape index (κ1) is 13.0. The molecule has 1 fully saturated rings. The van der Waals surface area contributed by atoms with E-state index in [1.165, 1.54) is 0 Å². The highest BCUT2D eigenvalue weighted by atomic mass is 16.3. The van der Waals surface area contributed by atoms with E-state index in [0.717, 1.165) is 12.8 Å². The van der Waals surface area contributed by atoms with Crippen molar-refractivity contribution in [3.8, 4) is 6.07 Å². The Balaban J connectivity index is 2.57. The number of nitriles is 1. The van der Waals surface area contributed by atoms with Gasteiger partial charge in [0.05, 0.1) is 12.2 Å². The minimum Gasteiger partial charge on any atom is -0.391 e. The van der Waals surface area contributed by atoms with Gasteiger partial charge in [-0.15, -0.1) is 0 Å². The monoisotopic (exact) mass is 224 g/mol. The maximum absolute atomic E-state index is 12.0. The van der Waals surface area contributed by atoms with Crippen molar-refractivity contribution in [1.82, 2.24) is 4.90 Å². The molecule has 1 amide bonds. The Morgan fingerprint density at radius 3 is 2.88 bits per heavy atom. The van der Waals surface area contributed by atoms with E-state index in [1.807, 2.05) is 13.8 Å². The fourth-order valence-electron chi connectivity index (χ4n) is 2.00. The van der Waals surface area contributed by atoms with Crippen molar-refractivity contribution in [3.05, 3.63) is 0 Å². The number of piperidine rings is 1. The largest absolute Gasteiger partial charge is 0.391 e. The number of aliphatic hydroxyl groups excluding tert-OH is 1. The third-order valence-corrected chi connectivity index (χ3v) is 3.26. The number of hydrogen-bond acceptors (Lipinski definition) is 3. The number of aliphatic hydroxyl groups is 1. The predicted molar refractivity (Wildman–Crippen MR) is 60.4 cm³/mol. The summed E-state index contributed by atoms with van der Waals surface area (Å²) in [4.78, 5) is 13.6. The topological polar surface area (TPSA) is 64.3 Å². The highest BCUT2D eigenvalue weighted by Gasteiger charge is 2.30. The fourth-order valence-corrected chi connectivity index (χ4v) is 2.00. The van der Waals surface area contributed by atoms with Crippen LogP contribution >= 0.6 is 0 Å². The van der Waals surface area contributed by atoms with E-state index < -0.39 is 12.0 Å². The highest BCUT2D eigenvalue weighted by molar-refractivity contribution is 5.81. The molecule has 4 nitrogen and oxygen atoms in total. The summed E-state index contributed by atoms with van der Waals surface area (Å²) in [5, 5.41) is 18.6. The van der Waals surface area contributed by atoms with Gasteiger partial charge in [0, 0.05) is 13.1 Å². The third-order valence-electron chi connectivity index (χ3n) is 3.26. The fraction of sp³-hybridized carbons (Fsp3) is 0.833. The summed E-state index contributed by atoms with van der Waals surface area (Å²) >= 11 is 0. The van der Waals surface area contributed by atoms with Crippen molar-refractivity contribution < 1.29 is 9.90 Å². The van der Waals surface area contributed by atoms with Crippen LogP contribution in [-0.2, 0) is 4.79 Å². The number of hydrogen-bond donors (Lipinski definition) is 1. The Labute approximate surface area is 96.9 Å². The van der Waals surface area contributed by atoms with Crippen molar-refractivity contribution >= 4 is 5.91 Å². The van der Waals surface area contributed by atoms with Crippen LogP contribution in [0.1, 0.15) is 33.1 Å². The summed E-state index contributed by atoms with van der Waals surface area (Å²) in [6.07, 6.45) is 1.81. The van der Waals surface area contributed by atoms with E-state index in [1.54, 1.807) is 4.90 Å². The smallest absolute Gasteiger partial charge is 0.240 e. The van der Waals surface area contributed by atoms with Gasteiger partial charge in [-0.3, -0.25) is 4.79 Å². The summed E-state index contributed by atoms with van der Waals surface area (Å²) in [7, 11) is 0. The number of carbonyl (C=O) groups excluding carboxylic acids is 1. The van der Waals surface area contributed by atoms with Crippen LogP contribution in [0.5, 0.6) is 0 Å². The number of amides is 1. The normalized spacial score (nSPS) is 27.2. The highest BCUT2D eigenvalue weighted by Crippen LogP contribution is 2.19. The average molecular weight is 224 g/mol. The van der Waals surface area contributed by atoms with Gasteiger partial charge in [0.25, 0.3) is 0 Å². The average Bonchev–Trinajstić information content (AvgIpc) is 2.28. The molecule has 1 heterocycles. The molecule has 1 saturated heterocycles. The Morgan fingerprint density at radius 1 is 1.69 bits per heavy atom. The van der Waals surface area contributed by atoms with Crippen molar-refractivity contribution in [2.75, 3.05) is 13.1 Å². The van der Waals surface area contributed by atoms with Gasteiger partial charge >= 0.3 is 0 Å². The van der Waals surface area contributed by atoms with Gasteiger partial charge in [0.15, 0.2) is 0 Å². The van der Waals surface area contributed by atoms with Crippen LogP contribution in [0.15, 0.2) is 0 Å².